The summed E-state index contributed by atoms with van der Waals surface area (Å²) in [6.45, 7) is 11.1. The van der Waals surface area contributed by atoms with Crippen LogP contribution in [0.3, 0.4) is 0 Å². The number of nitro groups is 1. The zero-order valence-electron chi connectivity index (χ0n) is 37.3. The number of allylic oxidation sites excluding steroid dienone is 1. The third kappa shape index (κ3) is 9.38. The Morgan fingerprint density at radius 3 is 2.48 bits per heavy atom. The Balaban J connectivity index is 0.960. The van der Waals surface area contributed by atoms with Crippen LogP contribution in [0.5, 0.6) is 0 Å². The first-order valence-corrected chi connectivity index (χ1v) is 24.3. The molecule has 0 spiro atoms. The topological polar surface area (TPSA) is 195 Å². The molecular formula is C49H53ClN10O5S. The number of benzene rings is 3. The predicted molar refractivity (Wildman–Crippen MR) is 257 cm³/mol. The maximum absolute atomic E-state index is 14.3. The molecule has 3 aromatic heterocycles. The van der Waals surface area contributed by atoms with Crippen molar-refractivity contribution >= 4 is 72.2 Å². The SMILES string of the molecule is CC1(C)CCC(CN2CCN(c3ccc(C(=O)NS(=O)(=O)c4ccc(NCC5CCC(C)(C#N)CC5)c([N+](=O)[O-])c4)c(-n4[nH]cc5nc6nccc6cc54)c3)CC2)=C(c2ccc(Cl)cc2)C1. The third-order valence-corrected chi connectivity index (χ3v) is 15.4. The number of hydrogen-bond donors (Lipinski definition) is 3. The molecule has 0 radical (unpaired) electrons. The summed E-state index contributed by atoms with van der Waals surface area (Å²) in [4.78, 5) is 39.2. The van der Waals surface area contributed by atoms with Gasteiger partial charge in [-0.05, 0) is 129 Å². The highest BCUT2D eigenvalue weighted by Gasteiger charge is 2.33. The van der Waals surface area contributed by atoms with Crippen LogP contribution in [0.25, 0.3) is 33.3 Å². The Morgan fingerprint density at radius 1 is 1.00 bits per heavy atom. The maximum Gasteiger partial charge on any atom is 0.293 e. The summed E-state index contributed by atoms with van der Waals surface area (Å²) >= 11 is 6.26. The first kappa shape index (κ1) is 44.9. The summed E-state index contributed by atoms with van der Waals surface area (Å²) in [5.74, 6) is -0.698. The van der Waals surface area contributed by atoms with Crippen molar-refractivity contribution < 1.29 is 18.1 Å². The number of anilines is 2. The van der Waals surface area contributed by atoms with Crippen molar-refractivity contribution in [3.8, 4) is 11.8 Å². The van der Waals surface area contributed by atoms with Gasteiger partial charge in [0.25, 0.3) is 21.6 Å². The zero-order chi connectivity index (χ0) is 46.4. The molecule has 0 atom stereocenters. The van der Waals surface area contributed by atoms with Gasteiger partial charge in [0.2, 0.25) is 0 Å². The van der Waals surface area contributed by atoms with Crippen molar-refractivity contribution in [1.29, 1.82) is 5.26 Å². The second kappa shape index (κ2) is 17.8. The van der Waals surface area contributed by atoms with Crippen molar-refractivity contribution in [1.82, 2.24) is 29.4 Å². The second-order valence-electron chi connectivity index (χ2n) is 19.1. The number of nitrogens with zero attached hydrogens (tertiary/aromatic N) is 7. The van der Waals surface area contributed by atoms with Gasteiger partial charge < -0.3 is 10.2 Å². The molecule has 2 aliphatic carbocycles. The quantitative estimate of drug-likeness (QED) is 0.0781. The fourth-order valence-corrected chi connectivity index (χ4v) is 10.8. The van der Waals surface area contributed by atoms with Gasteiger partial charge in [-0.3, -0.25) is 29.6 Å². The van der Waals surface area contributed by atoms with E-state index in [4.69, 9.17) is 11.6 Å². The molecule has 3 aromatic carbocycles. The largest absolute Gasteiger partial charge is 0.379 e. The summed E-state index contributed by atoms with van der Waals surface area (Å²) in [6.07, 6.45) is 9.66. The monoisotopic (exact) mass is 928 g/mol. The molecule has 3 aliphatic rings. The number of piperazine rings is 1. The summed E-state index contributed by atoms with van der Waals surface area (Å²) < 4.78 is 31.7. The lowest BCUT2D eigenvalue weighted by atomic mass is 9.72. The second-order valence-corrected chi connectivity index (χ2v) is 21.2. The molecule has 66 heavy (non-hydrogen) atoms. The van der Waals surface area contributed by atoms with Gasteiger partial charge in [0.15, 0.2) is 5.65 Å². The van der Waals surface area contributed by atoms with Crippen LogP contribution in [0.4, 0.5) is 17.1 Å². The zero-order valence-corrected chi connectivity index (χ0v) is 38.9. The first-order valence-electron chi connectivity index (χ1n) is 22.5. The molecule has 15 nitrogen and oxygen atoms in total. The number of halogens is 1. The Morgan fingerprint density at radius 2 is 1.76 bits per heavy atom. The van der Waals surface area contributed by atoms with Crippen molar-refractivity contribution in [2.75, 3.05) is 49.5 Å². The van der Waals surface area contributed by atoms with Crippen LogP contribution < -0.4 is 14.9 Å². The number of nitriles is 1. The number of nitro benzene ring substituents is 1. The van der Waals surface area contributed by atoms with Gasteiger partial charge in [0, 0.05) is 73.8 Å². The average Bonchev–Trinajstić information content (AvgIpc) is 3.95. The number of carbonyl (C=O) groups excluding carboxylic acids is 1. The van der Waals surface area contributed by atoms with Crippen molar-refractivity contribution in [3.63, 3.8) is 0 Å². The lowest BCUT2D eigenvalue weighted by molar-refractivity contribution is -0.384. The minimum atomic E-state index is -4.59. The summed E-state index contributed by atoms with van der Waals surface area (Å²) in [5, 5.41) is 29.6. The Labute approximate surface area is 389 Å². The van der Waals surface area contributed by atoms with Gasteiger partial charge in [-0.25, -0.2) is 23.1 Å². The molecule has 1 aliphatic heterocycles. The van der Waals surface area contributed by atoms with E-state index in [2.05, 4.69) is 67.0 Å². The van der Waals surface area contributed by atoms with Crippen LogP contribution in [0, 0.1) is 38.2 Å². The fourth-order valence-electron chi connectivity index (χ4n) is 9.71. The van der Waals surface area contributed by atoms with Crippen molar-refractivity contribution in [2.45, 2.75) is 70.6 Å². The number of H-pyrrole nitrogens is 1. The molecule has 3 N–H and O–H groups in total. The maximum atomic E-state index is 14.3. The van der Waals surface area contributed by atoms with Crippen LogP contribution in [-0.4, -0.2) is 83.2 Å². The number of aromatic nitrogens is 4. The fraction of sp³-hybridized carbons (Fsp3) is 0.388. The number of nitrogens with one attached hydrogen (secondary N) is 3. The van der Waals surface area contributed by atoms with Gasteiger partial charge in [0.05, 0.1) is 38.1 Å². The number of fused-ring (bicyclic) bond motifs is 2. The number of carbonyl (C=O) groups is 1. The normalized spacial score (nSPS) is 20.3. The van der Waals surface area contributed by atoms with E-state index < -0.39 is 31.4 Å². The van der Waals surface area contributed by atoms with Crippen LogP contribution >= 0.6 is 11.6 Å². The molecule has 9 rings (SSSR count). The molecule has 342 valence electrons. The average molecular weight is 930 g/mol. The molecule has 0 bridgehead atoms. The van der Waals surface area contributed by atoms with E-state index in [9.17, 15) is 28.6 Å². The minimum absolute atomic E-state index is 0.0603. The summed E-state index contributed by atoms with van der Waals surface area (Å²) in [5.41, 5.74) is 6.85. The van der Waals surface area contributed by atoms with E-state index in [1.54, 1.807) is 23.1 Å². The highest BCUT2D eigenvalue weighted by Crippen LogP contribution is 2.44. The van der Waals surface area contributed by atoms with E-state index in [0.29, 0.717) is 28.9 Å². The summed E-state index contributed by atoms with van der Waals surface area (Å²) in [7, 11) is -4.59. The molecule has 0 unspecified atom stereocenters. The summed E-state index contributed by atoms with van der Waals surface area (Å²) in [6, 6.07) is 23.2. The van der Waals surface area contributed by atoms with Crippen molar-refractivity contribution in [3.05, 3.63) is 117 Å². The highest BCUT2D eigenvalue weighted by molar-refractivity contribution is 7.90. The van der Waals surface area contributed by atoms with E-state index in [1.165, 1.54) is 28.8 Å². The number of sulfonamides is 1. The van der Waals surface area contributed by atoms with Gasteiger partial charge in [-0.1, -0.05) is 43.2 Å². The Kier molecular flexibility index (Phi) is 12.1. The highest BCUT2D eigenvalue weighted by atomic mass is 35.5. The third-order valence-electron chi connectivity index (χ3n) is 13.8. The number of rotatable bonds is 12. The predicted octanol–water partition coefficient (Wildman–Crippen LogP) is 9.50. The number of hydrogen-bond acceptors (Lipinski definition) is 11. The van der Waals surface area contributed by atoms with Crippen LogP contribution in [0.15, 0.2) is 95.7 Å². The lowest BCUT2D eigenvalue weighted by Crippen LogP contribution is -2.47. The first-order chi connectivity index (χ1) is 31.6. The van der Waals surface area contributed by atoms with Gasteiger partial charge in [-0.15, -0.1) is 0 Å². The smallest absolute Gasteiger partial charge is 0.293 e. The van der Waals surface area contributed by atoms with E-state index in [1.807, 2.05) is 43.3 Å². The number of pyridine rings is 1. The molecule has 1 amide bonds. The number of aromatic amines is 1. The van der Waals surface area contributed by atoms with Crippen LogP contribution in [0.2, 0.25) is 5.02 Å². The molecule has 17 heteroatoms. The molecule has 6 aromatic rings. The van der Waals surface area contributed by atoms with Gasteiger partial charge in [-0.2, -0.15) is 5.26 Å². The molecule has 2 fully saturated rings. The Hall–Kier alpha value is -6.28. The molecule has 1 saturated carbocycles. The molecular weight excluding hydrogens is 876 g/mol. The van der Waals surface area contributed by atoms with Gasteiger partial charge in [0.1, 0.15) is 11.2 Å². The van der Waals surface area contributed by atoms with Gasteiger partial charge >= 0.3 is 0 Å². The van der Waals surface area contributed by atoms with Crippen LogP contribution in [0.1, 0.15) is 81.6 Å². The van der Waals surface area contributed by atoms with E-state index >= 15 is 0 Å². The Bertz CT molecular complexity index is 3030. The number of amides is 1. The lowest BCUT2D eigenvalue weighted by Gasteiger charge is -2.39. The molecule has 1 saturated heterocycles. The standard InChI is InChI=1S/C49H53ClN10O5S/c1-48(2)16-14-35(40(27-48)33-4-6-36(50)7-5-33)30-57-20-22-58(23-21-57)37-8-10-39(43(25-37)59-44-24-34-15-19-52-46(34)55-42(44)29-54-59)47(61)56-66(64,65)38-9-11-41(45(26-38)60(62)63)53-28-32-12-17-49(3,31-51)18-13-32/h4-11,15,19,24-26,29,32,53-54H,12-14,16-18,20-23,27-28,30H2,1-3H3,(H,56,61). The van der Waals surface area contributed by atoms with E-state index in [-0.39, 0.29) is 28.0 Å². The molecule has 4 heterocycles. The van der Waals surface area contributed by atoms with Crippen molar-refractivity contribution in [2.24, 2.45) is 16.7 Å². The minimum Gasteiger partial charge on any atom is -0.379 e. The van der Waals surface area contributed by atoms with E-state index in [0.717, 1.165) is 99.8 Å². The van der Waals surface area contributed by atoms with Crippen LogP contribution in [-0.2, 0) is 10.0 Å².